The summed E-state index contributed by atoms with van der Waals surface area (Å²) in [5.41, 5.74) is 2.14. The average molecular weight is 574 g/mol. The molecule has 0 unspecified atom stereocenters. The predicted molar refractivity (Wildman–Crippen MR) is 161 cm³/mol. The minimum atomic E-state index is -0.743. The molecule has 0 atom stereocenters. The fraction of sp³-hybridized carbons (Fsp3) is 0.250. The molecular weight excluding hydrogens is 540 g/mol. The van der Waals surface area contributed by atoms with E-state index in [1.165, 1.54) is 24.3 Å². The van der Waals surface area contributed by atoms with Gasteiger partial charge in [0.15, 0.2) is 0 Å². The van der Waals surface area contributed by atoms with Crippen LogP contribution in [0.3, 0.4) is 0 Å². The monoisotopic (exact) mass is 573 g/mol. The highest BCUT2D eigenvalue weighted by molar-refractivity contribution is 5.99. The normalized spacial score (nSPS) is 11.5. The van der Waals surface area contributed by atoms with E-state index in [4.69, 9.17) is 9.47 Å². The van der Waals surface area contributed by atoms with Gasteiger partial charge in [-0.3, -0.25) is 0 Å². The molecule has 10 heteroatoms. The van der Waals surface area contributed by atoms with Crippen LogP contribution in [-0.4, -0.2) is 46.4 Å². The van der Waals surface area contributed by atoms with Crippen LogP contribution < -0.4 is 19.7 Å². The maximum absolute atomic E-state index is 14.8. The van der Waals surface area contributed by atoms with Crippen LogP contribution in [0.5, 0.6) is 17.4 Å². The number of nitrogens with zero attached hydrogens (tertiary/aromatic N) is 4. The summed E-state index contributed by atoms with van der Waals surface area (Å²) in [4.78, 5) is 11.2. The fourth-order valence-corrected chi connectivity index (χ4v) is 4.68. The van der Waals surface area contributed by atoms with Gasteiger partial charge in [-0.15, -0.1) is 0 Å². The van der Waals surface area contributed by atoms with Crippen LogP contribution in [0.1, 0.15) is 26.3 Å². The van der Waals surface area contributed by atoms with E-state index in [9.17, 15) is 13.9 Å². The van der Waals surface area contributed by atoms with Gasteiger partial charge < -0.3 is 29.4 Å². The number of anilines is 3. The Hall–Kier alpha value is -4.86. The number of hydrogen-bond acceptors (Lipinski definition) is 7. The molecule has 2 aromatic carbocycles. The first kappa shape index (κ1) is 28.7. The van der Waals surface area contributed by atoms with Crippen molar-refractivity contribution in [1.29, 1.82) is 0 Å². The maximum atomic E-state index is 14.8. The largest absolute Gasteiger partial charge is 0.497 e. The summed E-state index contributed by atoms with van der Waals surface area (Å²) >= 11 is 0. The molecule has 5 rings (SSSR count). The Morgan fingerprint density at radius 1 is 1.00 bits per heavy atom. The smallest absolute Gasteiger partial charge is 0.203 e. The molecule has 0 amide bonds. The lowest BCUT2D eigenvalue weighted by Gasteiger charge is -2.33. The molecule has 0 radical (unpaired) electrons. The molecule has 0 bridgehead atoms. The highest BCUT2D eigenvalue weighted by Gasteiger charge is 2.22. The van der Waals surface area contributed by atoms with Crippen molar-refractivity contribution in [2.24, 2.45) is 0 Å². The first-order chi connectivity index (χ1) is 20.0. The van der Waals surface area contributed by atoms with E-state index in [0.717, 1.165) is 11.3 Å². The standard InChI is InChI=1S/C32H33F2N5O3/c1-32(2,3)38(4)20-11-13-28(35-16-20)37-25-15-24(29-22(33)8-7-9-23(29)34)36-26-18-39(31(40)30(25)26)17-19-10-12-21(41-5)14-27(19)42-6/h7-16,18,40H,17H2,1-6H3,(H,35,37). The summed E-state index contributed by atoms with van der Waals surface area (Å²) < 4.78 is 42.1. The summed E-state index contributed by atoms with van der Waals surface area (Å²) in [6.07, 6.45) is 3.38. The number of aromatic hydroxyl groups is 1. The molecule has 3 aromatic heterocycles. The van der Waals surface area contributed by atoms with E-state index in [1.807, 2.05) is 25.2 Å². The number of benzene rings is 2. The molecule has 3 heterocycles. The van der Waals surface area contributed by atoms with Crippen molar-refractivity contribution < 1.29 is 23.4 Å². The number of methoxy groups -OCH3 is 2. The topological polar surface area (TPSA) is 84.7 Å². The van der Waals surface area contributed by atoms with Gasteiger partial charge in [0.1, 0.15) is 29.0 Å². The Balaban J connectivity index is 1.61. The van der Waals surface area contributed by atoms with E-state index in [-0.39, 0.29) is 29.2 Å². The minimum absolute atomic E-state index is 0.0730. The van der Waals surface area contributed by atoms with Crippen molar-refractivity contribution in [1.82, 2.24) is 14.5 Å². The third kappa shape index (κ3) is 5.52. The van der Waals surface area contributed by atoms with Crippen molar-refractivity contribution in [3.8, 4) is 28.6 Å². The van der Waals surface area contributed by atoms with Crippen molar-refractivity contribution in [2.75, 3.05) is 31.5 Å². The molecule has 0 saturated heterocycles. The number of hydrogen-bond donors (Lipinski definition) is 2. The molecule has 42 heavy (non-hydrogen) atoms. The van der Waals surface area contributed by atoms with Crippen LogP contribution in [-0.2, 0) is 6.54 Å². The summed E-state index contributed by atoms with van der Waals surface area (Å²) in [5, 5.41) is 15.0. The number of ether oxygens (including phenoxy) is 2. The van der Waals surface area contributed by atoms with Crippen LogP contribution in [0.4, 0.5) is 26.0 Å². The molecule has 218 valence electrons. The molecule has 0 spiro atoms. The van der Waals surface area contributed by atoms with E-state index < -0.39 is 11.6 Å². The zero-order valence-corrected chi connectivity index (χ0v) is 24.4. The first-order valence-corrected chi connectivity index (χ1v) is 13.3. The van der Waals surface area contributed by atoms with Gasteiger partial charge in [0.25, 0.3) is 0 Å². The second-order valence-electron chi connectivity index (χ2n) is 10.9. The Morgan fingerprint density at radius 2 is 1.74 bits per heavy atom. The fourth-order valence-electron chi connectivity index (χ4n) is 4.68. The number of aromatic nitrogens is 3. The number of nitrogens with one attached hydrogen (secondary N) is 1. The van der Waals surface area contributed by atoms with Crippen molar-refractivity contribution in [3.63, 3.8) is 0 Å². The Labute approximate surface area is 243 Å². The van der Waals surface area contributed by atoms with Crippen molar-refractivity contribution in [3.05, 3.63) is 84.2 Å². The van der Waals surface area contributed by atoms with Crippen molar-refractivity contribution >= 4 is 28.1 Å². The first-order valence-electron chi connectivity index (χ1n) is 13.3. The van der Waals surface area contributed by atoms with Gasteiger partial charge in [-0.2, -0.15) is 0 Å². The summed E-state index contributed by atoms with van der Waals surface area (Å²) in [5.74, 6) is 0.130. The number of rotatable bonds is 8. The maximum Gasteiger partial charge on any atom is 0.203 e. The summed E-state index contributed by atoms with van der Waals surface area (Å²) in [6, 6.07) is 14.3. The van der Waals surface area contributed by atoms with Crippen LogP contribution in [0.2, 0.25) is 0 Å². The third-order valence-electron chi connectivity index (χ3n) is 7.28. The number of fused-ring (bicyclic) bond motifs is 1. The second-order valence-corrected chi connectivity index (χ2v) is 10.9. The second kappa shape index (κ2) is 11.2. The molecule has 0 saturated carbocycles. The summed E-state index contributed by atoms with van der Waals surface area (Å²) in [6.45, 7) is 6.55. The van der Waals surface area contributed by atoms with Crippen LogP contribution >= 0.6 is 0 Å². The van der Waals surface area contributed by atoms with Gasteiger partial charge >= 0.3 is 0 Å². The lowest BCUT2D eigenvalue weighted by Crippen LogP contribution is -2.38. The van der Waals surface area contributed by atoms with E-state index in [2.05, 4.69) is 41.0 Å². The van der Waals surface area contributed by atoms with Gasteiger partial charge in [-0.1, -0.05) is 6.07 Å². The lowest BCUT2D eigenvalue weighted by atomic mass is 10.1. The van der Waals surface area contributed by atoms with Gasteiger partial charge in [0, 0.05) is 30.4 Å². The molecule has 5 aromatic rings. The zero-order chi connectivity index (χ0) is 30.2. The van der Waals surface area contributed by atoms with E-state index >= 15 is 0 Å². The van der Waals surface area contributed by atoms with Gasteiger partial charge in [-0.25, -0.2) is 18.7 Å². The zero-order valence-electron chi connectivity index (χ0n) is 24.4. The molecule has 0 fully saturated rings. The summed E-state index contributed by atoms with van der Waals surface area (Å²) in [7, 11) is 5.12. The third-order valence-corrected chi connectivity index (χ3v) is 7.28. The van der Waals surface area contributed by atoms with Crippen LogP contribution in [0.15, 0.2) is 67.0 Å². The van der Waals surface area contributed by atoms with Gasteiger partial charge in [-0.05, 0) is 63.2 Å². The number of halogens is 2. The highest BCUT2D eigenvalue weighted by atomic mass is 19.1. The quantitative estimate of drug-likeness (QED) is 0.204. The van der Waals surface area contributed by atoms with Gasteiger partial charge in [0.2, 0.25) is 5.88 Å². The van der Waals surface area contributed by atoms with Crippen LogP contribution in [0.25, 0.3) is 22.2 Å². The predicted octanol–water partition coefficient (Wildman–Crippen LogP) is 7.13. The highest BCUT2D eigenvalue weighted by Crippen LogP contribution is 2.39. The molecule has 0 aliphatic rings. The van der Waals surface area contributed by atoms with Crippen molar-refractivity contribution in [2.45, 2.75) is 32.9 Å². The van der Waals surface area contributed by atoms with Gasteiger partial charge in [0.05, 0.1) is 60.5 Å². The molecule has 8 nitrogen and oxygen atoms in total. The number of pyridine rings is 2. The Bertz CT molecular complexity index is 1730. The molecule has 0 aliphatic heterocycles. The Morgan fingerprint density at radius 3 is 2.36 bits per heavy atom. The Kier molecular flexibility index (Phi) is 7.64. The van der Waals surface area contributed by atoms with E-state index in [1.54, 1.807) is 43.3 Å². The lowest BCUT2D eigenvalue weighted by molar-refractivity contribution is 0.387. The SMILES string of the molecule is COc1ccc(Cn2cc3nc(-c4c(F)cccc4F)cc(Nc4ccc(N(C)C(C)(C)C)cn4)c3c2O)c(OC)c1. The molecular formula is C32H33F2N5O3. The van der Waals surface area contributed by atoms with Crippen LogP contribution in [0, 0.1) is 11.6 Å². The molecule has 0 aliphatic carbocycles. The van der Waals surface area contributed by atoms with E-state index in [0.29, 0.717) is 33.9 Å². The minimum Gasteiger partial charge on any atom is -0.497 e. The average Bonchev–Trinajstić information content (AvgIpc) is 3.27. The molecule has 2 N–H and O–H groups in total.